The first-order chi connectivity index (χ1) is 8.34. The van der Waals surface area contributed by atoms with E-state index in [4.69, 9.17) is 0 Å². The van der Waals surface area contributed by atoms with Gasteiger partial charge in [0.1, 0.15) is 5.82 Å². The summed E-state index contributed by atoms with van der Waals surface area (Å²) in [4.78, 5) is 22.4. The van der Waals surface area contributed by atoms with Crippen molar-refractivity contribution in [2.75, 3.05) is 5.32 Å². The van der Waals surface area contributed by atoms with E-state index in [1.807, 2.05) is 13.8 Å². The van der Waals surface area contributed by atoms with E-state index in [9.17, 15) is 14.0 Å². The molecular formula is C14H20FNO2. The lowest BCUT2D eigenvalue weighted by Gasteiger charge is -2.18. The average molecular weight is 253 g/mol. The normalized spacial score (nSPS) is 10.1. The molecular weight excluding hydrogens is 233 g/mol. The van der Waals surface area contributed by atoms with Crippen molar-refractivity contribution in [1.29, 1.82) is 0 Å². The Bertz CT molecular complexity index is 422. The Balaban J connectivity index is 0.00000137. The number of halogens is 1. The monoisotopic (exact) mass is 253 g/mol. The first-order valence-electron chi connectivity index (χ1n) is 5.91. The maximum absolute atomic E-state index is 12.8. The summed E-state index contributed by atoms with van der Waals surface area (Å²) in [5, 5.41) is 2.59. The van der Waals surface area contributed by atoms with Gasteiger partial charge in [-0.3, -0.25) is 9.59 Å². The summed E-state index contributed by atoms with van der Waals surface area (Å²) in [5.41, 5.74) is -0.0944. The van der Waals surface area contributed by atoms with Crippen molar-refractivity contribution < 1.29 is 14.0 Å². The van der Waals surface area contributed by atoms with Gasteiger partial charge in [0.2, 0.25) is 5.91 Å². The zero-order valence-corrected chi connectivity index (χ0v) is 11.5. The molecule has 1 amide bonds. The number of nitrogens with one attached hydrogen (secondary N) is 1. The molecule has 0 aliphatic rings. The van der Waals surface area contributed by atoms with Crippen LogP contribution in [0.1, 0.15) is 45.0 Å². The van der Waals surface area contributed by atoms with Gasteiger partial charge in [0, 0.05) is 11.0 Å². The van der Waals surface area contributed by atoms with E-state index in [1.54, 1.807) is 20.8 Å². The highest BCUT2D eigenvalue weighted by Gasteiger charge is 2.21. The fourth-order valence-corrected chi connectivity index (χ4v) is 1.05. The molecule has 0 heterocycles. The zero-order valence-electron chi connectivity index (χ0n) is 11.5. The molecule has 3 nitrogen and oxygen atoms in total. The molecule has 0 bridgehead atoms. The van der Waals surface area contributed by atoms with Crippen LogP contribution in [0.5, 0.6) is 0 Å². The van der Waals surface area contributed by atoms with Crippen molar-refractivity contribution in [3.8, 4) is 0 Å². The third-order valence-corrected chi connectivity index (χ3v) is 2.07. The van der Waals surface area contributed by atoms with Crippen LogP contribution in [-0.4, -0.2) is 12.2 Å². The van der Waals surface area contributed by atoms with Crippen molar-refractivity contribution in [2.45, 2.75) is 34.6 Å². The molecule has 4 heteroatoms. The average Bonchev–Trinajstić information content (AvgIpc) is 2.32. The molecule has 0 aromatic heterocycles. The summed E-state index contributed by atoms with van der Waals surface area (Å²) < 4.78 is 12.8. The highest BCUT2D eigenvalue weighted by molar-refractivity contribution is 5.98. The van der Waals surface area contributed by atoms with Crippen molar-refractivity contribution in [3.05, 3.63) is 29.6 Å². The van der Waals surface area contributed by atoms with E-state index in [2.05, 4.69) is 5.32 Å². The Morgan fingerprint density at radius 1 is 1.28 bits per heavy atom. The Morgan fingerprint density at radius 2 is 1.83 bits per heavy atom. The summed E-state index contributed by atoms with van der Waals surface area (Å²) in [7, 11) is 0. The minimum absolute atomic E-state index is 0.137. The third kappa shape index (κ3) is 4.65. The minimum atomic E-state index is -0.561. The van der Waals surface area contributed by atoms with E-state index >= 15 is 0 Å². The Morgan fingerprint density at radius 3 is 2.28 bits per heavy atom. The van der Waals surface area contributed by atoms with Crippen LogP contribution >= 0.6 is 0 Å². The zero-order chi connectivity index (χ0) is 14.3. The molecule has 1 rings (SSSR count). The quantitative estimate of drug-likeness (QED) is 0.818. The van der Waals surface area contributed by atoms with Crippen molar-refractivity contribution in [3.63, 3.8) is 0 Å². The van der Waals surface area contributed by atoms with Gasteiger partial charge >= 0.3 is 0 Å². The number of rotatable bonds is 2. The second-order valence-corrected chi connectivity index (χ2v) is 4.55. The lowest BCUT2D eigenvalue weighted by molar-refractivity contribution is -0.123. The first-order valence-corrected chi connectivity index (χ1v) is 5.91. The van der Waals surface area contributed by atoms with Gasteiger partial charge < -0.3 is 5.32 Å². The Kier molecular flexibility index (Phi) is 6.23. The van der Waals surface area contributed by atoms with Crippen LogP contribution in [0.3, 0.4) is 0 Å². The van der Waals surface area contributed by atoms with Crippen LogP contribution in [0.2, 0.25) is 0 Å². The number of anilines is 1. The van der Waals surface area contributed by atoms with Crippen molar-refractivity contribution in [1.82, 2.24) is 0 Å². The molecule has 0 atom stereocenters. The van der Waals surface area contributed by atoms with Gasteiger partial charge in [0.25, 0.3) is 0 Å². The molecule has 1 N–H and O–H groups in total. The van der Waals surface area contributed by atoms with Crippen LogP contribution in [0.25, 0.3) is 0 Å². The first kappa shape index (κ1) is 16.3. The molecule has 0 spiro atoms. The highest BCUT2D eigenvalue weighted by atomic mass is 19.1. The number of carbonyl (C=O) groups excluding carboxylic acids is 2. The number of hydrogen-bond acceptors (Lipinski definition) is 2. The number of aldehydes is 1. The van der Waals surface area contributed by atoms with Gasteiger partial charge in [-0.25, -0.2) is 4.39 Å². The van der Waals surface area contributed by atoms with E-state index in [-0.39, 0.29) is 11.5 Å². The minimum Gasteiger partial charge on any atom is -0.325 e. The van der Waals surface area contributed by atoms with Crippen LogP contribution in [0.15, 0.2) is 18.2 Å². The third-order valence-electron chi connectivity index (χ3n) is 2.07. The lowest BCUT2D eigenvalue weighted by atomic mass is 9.95. The SMILES string of the molecule is CC.CC(C)(C)C(=O)Nc1ccc(F)cc1C=O. The van der Waals surface area contributed by atoms with Crippen LogP contribution in [-0.2, 0) is 4.79 Å². The lowest BCUT2D eigenvalue weighted by Crippen LogP contribution is -2.28. The van der Waals surface area contributed by atoms with E-state index in [1.165, 1.54) is 12.1 Å². The summed E-state index contributed by atoms with van der Waals surface area (Å²) >= 11 is 0. The summed E-state index contributed by atoms with van der Waals surface area (Å²) in [6.45, 7) is 9.27. The van der Waals surface area contributed by atoms with E-state index in [0.29, 0.717) is 12.0 Å². The van der Waals surface area contributed by atoms with Gasteiger partial charge in [-0.1, -0.05) is 34.6 Å². The number of benzene rings is 1. The molecule has 0 unspecified atom stereocenters. The molecule has 18 heavy (non-hydrogen) atoms. The topological polar surface area (TPSA) is 46.2 Å². The molecule has 0 aliphatic carbocycles. The van der Waals surface area contributed by atoms with Crippen LogP contribution in [0.4, 0.5) is 10.1 Å². The number of carbonyl (C=O) groups is 2. The summed E-state index contributed by atoms with van der Waals surface area (Å²) in [6, 6.07) is 3.67. The molecule has 100 valence electrons. The van der Waals surface area contributed by atoms with E-state index in [0.717, 1.165) is 6.07 Å². The fraction of sp³-hybridized carbons (Fsp3) is 0.429. The van der Waals surface area contributed by atoms with Gasteiger partial charge in [0.05, 0.1) is 5.69 Å². The highest BCUT2D eigenvalue weighted by Crippen LogP contribution is 2.20. The summed E-state index contributed by atoms with van der Waals surface area (Å²) in [5.74, 6) is -0.724. The van der Waals surface area contributed by atoms with Gasteiger partial charge in [-0.05, 0) is 18.2 Å². The molecule has 0 fully saturated rings. The standard InChI is InChI=1S/C12H14FNO2.C2H6/c1-12(2,3)11(16)14-10-5-4-9(13)6-8(10)7-15;1-2/h4-7H,1-3H3,(H,14,16);1-2H3. The predicted molar refractivity (Wildman–Crippen MR) is 71.2 cm³/mol. The fourth-order valence-electron chi connectivity index (χ4n) is 1.05. The van der Waals surface area contributed by atoms with Gasteiger partial charge in [-0.2, -0.15) is 0 Å². The van der Waals surface area contributed by atoms with Crippen LogP contribution < -0.4 is 5.32 Å². The Labute approximate surface area is 107 Å². The number of hydrogen-bond donors (Lipinski definition) is 1. The molecule has 0 saturated carbocycles. The van der Waals surface area contributed by atoms with Crippen molar-refractivity contribution in [2.24, 2.45) is 5.41 Å². The van der Waals surface area contributed by atoms with E-state index < -0.39 is 11.2 Å². The molecule has 1 aromatic rings. The molecule has 1 aromatic carbocycles. The number of amides is 1. The second kappa shape index (κ2) is 6.89. The molecule has 0 radical (unpaired) electrons. The predicted octanol–water partition coefficient (Wildman–Crippen LogP) is 3.65. The second-order valence-electron chi connectivity index (χ2n) is 4.55. The van der Waals surface area contributed by atoms with Crippen molar-refractivity contribution >= 4 is 17.9 Å². The van der Waals surface area contributed by atoms with Gasteiger partial charge in [0.15, 0.2) is 6.29 Å². The maximum Gasteiger partial charge on any atom is 0.229 e. The molecule has 0 aliphatic heterocycles. The van der Waals surface area contributed by atoms with Gasteiger partial charge in [-0.15, -0.1) is 0 Å². The largest absolute Gasteiger partial charge is 0.325 e. The molecule has 0 saturated heterocycles. The Hall–Kier alpha value is -1.71. The summed E-state index contributed by atoms with van der Waals surface area (Å²) in [6.07, 6.45) is 0.515. The maximum atomic E-state index is 12.8. The van der Waals surface area contributed by atoms with Crippen LogP contribution in [0, 0.1) is 11.2 Å². The smallest absolute Gasteiger partial charge is 0.229 e.